The molecule has 0 radical (unpaired) electrons. The lowest BCUT2D eigenvalue weighted by atomic mass is 9.96. The number of carbonyl (C=O) groups is 1. The van der Waals surface area contributed by atoms with Crippen molar-refractivity contribution < 1.29 is 4.79 Å². The van der Waals surface area contributed by atoms with Crippen LogP contribution >= 0.6 is 0 Å². The quantitative estimate of drug-likeness (QED) is 0.620. The van der Waals surface area contributed by atoms with Crippen LogP contribution in [0.15, 0.2) is 0 Å². The molecule has 12 heavy (non-hydrogen) atoms. The highest BCUT2D eigenvalue weighted by atomic mass is 16.2. The number of carbonyl (C=O) groups excluding carboxylic acids is 1. The van der Waals surface area contributed by atoms with Crippen LogP contribution in [-0.4, -0.2) is 37.5 Å². The summed E-state index contributed by atoms with van der Waals surface area (Å²) < 4.78 is 0. The fraction of sp³-hybridized carbons (Fsp3) is 0.889. The Balaban J connectivity index is 2.39. The summed E-state index contributed by atoms with van der Waals surface area (Å²) in [5, 5.41) is 3.26. The van der Waals surface area contributed by atoms with Crippen LogP contribution in [0.3, 0.4) is 0 Å². The molecule has 0 bridgehead atoms. The minimum Gasteiger partial charge on any atom is -0.347 e. The van der Waals surface area contributed by atoms with Gasteiger partial charge >= 0.3 is 0 Å². The summed E-state index contributed by atoms with van der Waals surface area (Å²) in [4.78, 5) is 13.1. The smallest absolute Gasteiger partial charge is 0.239 e. The second-order valence-corrected chi connectivity index (χ2v) is 3.88. The number of piperidine rings is 1. The molecule has 0 aliphatic carbocycles. The van der Waals surface area contributed by atoms with E-state index in [2.05, 4.69) is 12.2 Å². The molecular weight excluding hydrogens is 152 g/mol. The summed E-state index contributed by atoms with van der Waals surface area (Å²) in [6.45, 7) is 3.19. The van der Waals surface area contributed by atoms with Gasteiger partial charge in [-0.3, -0.25) is 4.79 Å². The normalized spacial score (nSPS) is 29.9. The monoisotopic (exact) mass is 170 g/mol. The lowest BCUT2D eigenvalue weighted by molar-refractivity contribution is -0.131. The third-order valence-corrected chi connectivity index (χ3v) is 2.40. The topological polar surface area (TPSA) is 32.3 Å². The van der Waals surface area contributed by atoms with E-state index < -0.39 is 0 Å². The van der Waals surface area contributed by atoms with E-state index in [0.717, 1.165) is 25.3 Å². The molecule has 3 nitrogen and oxygen atoms in total. The highest BCUT2D eigenvalue weighted by Crippen LogP contribution is 2.14. The molecule has 0 aromatic rings. The number of hydrogen-bond donors (Lipinski definition) is 1. The van der Waals surface area contributed by atoms with Gasteiger partial charge in [-0.15, -0.1) is 0 Å². The van der Waals surface area contributed by atoms with E-state index in [0.29, 0.717) is 0 Å². The molecule has 1 aliphatic heterocycles. The van der Waals surface area contributed by atoms with Gasteiger partial charge in [-0.1, -0.05) is 6.92 Å². The summed E-state index contributed by atoms with van der Waals surface area (Å²) in [6, 6.07) is 0.0659. The minimum atomic E-state index is 0.0659. The van der Waals surface area contributed by atoms with E-state index in [1.54, 1.807) is 4.90 Å². The molecule has 1 N–H and O–H groups in total. The largest absolute Gasteiger partial charge is 0.347 e. The Hall–Kier alpha value is -0.570. The van der Waals surface area contributed by atoms with Crippen LogP contribution in [0, 0.1) is 5.92 Å². The average Bonchev–Trinajstić information content (AvgIpc) is 2.04. The predicted molar refractivity (Wildman–Crippen MR) is 48.9 cm³/mol. The molecule has 2 unspecified atom stereocenters. The van der Waals surface area contributed by atoms with Crippen molar-refractivity contribution in [3.05, 3.63) is 0 Å². The van der Waals surface area contributed by atoms with Crippen LogP contribution in [0.25, 0.3) is 0 Å². The summed E-state index contributed by atoms with van der Waals surface area (Å²) in [6.07, 6.45) is 2.15. The highest BCUT2D eigenvalue weighted by molar-refractivity contribution is 5.81. The molecule has 1 heterocycles. The minimum absolute atomic E-state index is 0.0659. The Morgan fingerprint density at radius 1 is 1.42 bits per heavy atom. The van der Waals surface area contributed by atoms with Crippen LogP contribution in [-0.2, 0) is 4.79 Å². The number of likely N-dealkylation sites (N-methyl/N-ethyl adjacent to an activating group) is 1. The first kappa shape index (κ1) is 9.52. The first-order chi connectivity index (χ1) is 5.61. The van der Waals surface area contributed by atoms with Gasteiger partial charge in [0.25, 0.3) is 0 Å². The third-order valence-electron chi connectivity index (χ3n) is 2.40. The highest BCUT2D eigenvalue weighted by Gasteiger charge is 2.24. The van der Waals surface area contributed by atoms with Gasteiger partial charge in [-0.25, -0.2) is 0 Å². The van der Waals surface area contributed by atoms with E-state index in [1.807, 2.05) is 14.1 Å². The van der Waals surface area contributed by atoms with Gasteiger partial charge in [-0.05, 0) is 25.3 Å². The zero-order chi connectivity index (χ0) is 9.14. The molecule has 1 amide bonds. The van der Waals surface area contributed by atoms with Gasteiger partial charge in [0, 0.05) is 14.1 Å². The molecule has 1 aliphatic rings. The van der Waals surface area contributed by atoms with Crippen molar-refractivity contribution in [3.63, 3.8) is 0 Å². The van der Waals surface area contributed by atoms with Gasteiger partial charge in [0.1, 0.15) is 0 Å². The Bertz CT molecular complexity index is 160. The second kappa shape index (κ2) is 3.90. The van der Waals surface area contributed by atoms with Crippen molar-refractivity contribution >= 4 is 5.91 Å². The summed E-state index contributed by atoms with van der Waals surface area (Å²) >= 11 is 0. The summed E-state index contributed by atoms with van der Waals surface area (Å²) in [5.41, 5.74) is 0. The molecule has 0 saturated carbocycles. The maximum Gasteiger partial charge on any atom is 0.239 e. The van der Waals surface area contributed by atoms with Crippen LogP contribution in [0.2, 0.25) is 0 Å². The zero-order valence-corrected chi connectivity index (χ0v) is 8.13. The molecule has 0 aromatic carbocycles. The van der Waals surface area contributed by atoms with Crippen LogP contribution in [0.5, 0.6) is 0 Å². The number of rotatable bonds is 1. The lowest BCUT2D eigenvalue weighted by Gasteiger charge is -2.28. The zero-order valence-electron chi connectivity index (χ0n) is 8.13. The molecule has 3 heteroatoms. The Morgan fingerprint density at radius 2 is 2.08 bits per heavy atom. The SMILES string of the molecule is CC1CCC(C(=O)N(C)C)NC1. The van der Waals surface area contributed by atoms with E-state index >= 15 is 0 Å². The van der Waals surface area contributed by atoms with Gasteiger partial charge in [-0.2, -0.15) is 0 Å². The number of amides is 1. The van der Waals surface area contributed by atoms with E-state index in [-0.39, 0.29) is 11.9 Å². The van der Waals surface area contributed by atoms with E-state index in [9.17, 15) is 4.79 Å². The Morgan fingerprint density at radius 3 is 2.50 bits per heavy atom. The number of nitrogens with zero attached hydrogens (tertiary/aromatic N) is 1. The van der Waals surface area contributed by atoms with Gasteiger partial charge < -0.3 is 10.2 Å². The molecular formula is C9H18N2O. The maximum absolute atomic E-state index is 11.5. The Kier molecular flexibility index (Phi) is 3.09. The van der Waals surface area contributed by atoms with Gasteiger partial charge in [0.15, 0.2) is 0 Å². The van der Waals surface area contributed by atoms with Crippen molar-refractivity contribution in [1.82, 2.24) is 10.2 Å². The maximum atomic E-state index is 11.5. The van der Waals surface area contributed by atoms with Crippen molar-refractivity contribution in [2.24, 2.45) is 5.92 Å². The summed E-state index contributed by atoms with van der Waals surface area (Å²) in [7, 11) is 3.62. The molecule has 0 spiro atoms. The van der Waals surface area contributed by atoms with Crippen molar-refractivity contribution in [3.8, 4) is 0 Å². The molecule has 1 rings (SSSR count). The fourth-order valence-electron chi connectivity index (χ4n) is 1.52. The van der Waals surface area contributed by atoms with Crippen molar-refractivity contribution in [2.75, 3.05) is 20.6 Å². The first-order valence-corrected chi connectivity index (χ1v) is 4.56. The van der Waals surface area contributed by atoms with E-state index in [1.165, 1.54) is 0 Å². The third kappa shape index (κ3) is 2.21. The number of nitrogens with one attached hydrogen (secondary N) is 1. The number of hydrogen-bond acceptors (Lipinski definition) is 2. The first-order valence-electron chi connectivity index (χ1n) is 4.56. The van der Waals surface area contributed by atoms with Crippen molar-refractivity contribution in [2.45, 2.75) is 25.8 Å². The lowest BCUT2D eigenvalue weighted by Crippen LogP contribution is -2.48. The van der Waals surface area contributed by atoms with Gasteiger partial charge in [0.2, 0.25) is 5.91 Å². The second-order valence-electron chi connectivity index (χ2n) is 3.88. The molecule has 1 saturated heterocycles. The molecule has 70 valence electrons. The molecule has 2 atom stereocenters. The Labute approximate surface area is 74.1 Å². The van der Waals surface area contributed by atoms with Crippen LogP contribution in [0.1, 0.15) is 19.8 Å². The molecule has 0 aromatic heterocycles. The summed E-state index contributed by atoms with van der Waals surface area (Å²) in [5.74, 6) is 0.929. The van der Waals surface area contributed by atoms with E-state index in [4.69, 9.17) is 0 Å². The van der Waals surface area contributed by atoms with Crippen molar-refractivity contribution in [1.29, 1.82) is 0 Å². The average molecular weight is 170 g/mol. The fourth-order valence-corrected chi connectivity index (χ4v) is 1.52. The molecule has 1 fully saturated rings. The van der Waals surface area contributed by atoms with Crippen LogP contribution in [0.4, 0.5) is 0 Å². The predicted octanol–water partition coefficient (Wildman–Crippen LogP) is 0.463. The van der Waals surface area contributed by atoms with Gasteiger partial charge in [0.05, 0.1) is 6.04 Å². The van der Waals surface area contributed by atoms with Crippen LogP contribution < -0.4 is 5.32 Å². The standard InChI is InChI=1S/C9H18N2O/c1-7-4-5-8(10-6-7)9(12)11(2)3/h7-8,10H,4-6H2,1-3H3.